The van der Waals surface area contributed by atoms with E-state index in [1.54, 1.807) is 30.3 Å². The van der Waals surface area contributed by atoms with E-state index in [1.807, 2.05) is 0 Å². The first-order valence-corrected chi connectivity index (χ1v) is 10.1. The quantitative estimate of drug-likeness (QED) is 0.546. The van der Waals surface area contributed by atoms with Gasteiger partial charge in [0.05, 0.1) is 21.2 Å². The number of halogens is 2. The molecule has 28 heavy (non-hydrogen) atoms. The molecular formula is C19H13Cl2NO5S. The molecule has 3 aromatic rings. The number of rotatable bonds is 6. The van der Waals surface area contributed by atoms with Crippen molar-refractivity contribution in [2.75, 3.05) is 4.72 Å². The van der Waals surface area contributed by atoms with Crippen LogP contribution >= 0.6 is 23.2 Å². The molecule has 0 aliphatic heterocycles. The van der Waals surface area contributed by atoms with E-state index in [0.29, 0.717) is 10.8 Å². The van der Waals surface area contributed by atoms with Gasteiger partial charge in [-0.25, -0.2) is 13.2 Å². The molecule has 0 spiro atoms. The van der Waals surface area contributed by atoms with E-state index in [9.17, 15) is 13.2 Å². The van der Waals surface area contributed by atoms with Crippen LogP contribution in [0.2, 0.25) is 10.0 Å². The van der Waals surface area contributed by atoms with Gasteiger partial charge in [-0.05, 0) is 54.6 Å². The third-order valence-corrected chi connectivity index (χ3v) is 5.57. The van der Waals surface area contributed by atoms with Crippen molar-refractivity contribution < 1.29 is 23.1 Å². The summed E-state index contributed by atoms with van der Waals surface area (Å²) in [7, 11) is -3.96. The molecule has 0 aliphatic rings. The lowest BCUT2D eigenvalue weighted by Crippen LogP contribution is -2.13. The van der Waals surface area contributed by atoms with E-state index >= 15 is 0 Å². The van der Waals surface area contributed by atoms with Gasteiger partial charge >= 0.3 is 5.97 Å². The second-order valence-electron chi connectivity index (χ2n) is 5.61. The summed E-state index contributed by atoms with van der Waals surface area (Å²) in [5, 5.41) is 9.64. The Morgan fingerprint density at radius 3 is 2.25 bits per heavy atom. The molecule has 9 heteroatoms. The molecule has 0 radical (unpaired) electrons. The molecule has 0 bridgehead atoms. The van der Waals surface area contributed by atoms with Gasteiger partial charge in [0.1, 0.15) is 5.75 Å². The predicted octanol–water partition coefficient (Wildman–Crippen LogP) is 5.28. The van der Waals surface area contributed by atoms with Crippen molar-refractivity contribution in [3.63, 3.8) is 0 Å². The third kappa shape index (κ3) is 4.56. The van der Waals surface area contributed by atoms with E-state index in [0.717, 1.165) is 0 Å². The first-order chi connectivity index (χ1) is 13.3. The Labute approximate surface area is 171 Å². The second kappa shape index (κ2) is 8.10. The smallest absolute Gasteiger partial charge is 0.335 e. The molecule has 3 rings (SSSR count). The SMILES string of the molecule is O=C(O)c1ccc(S(=O)(=O)Nc2ccccc2Oc2ccc(Cl)cc2Cl)cc1. The lowest BCUT2D eigenvalue weighted by Gasteiger charge is -2.14. The van der Waals surface area contributed by atoms with Crippen molar-refractivity contribution >= 4 is 44.9 Å². The number of ether oxygens (including phenoxy) is 1. The number of anilines is 1. The van der Waals surface area contributed by atoms with E-state index in [2.05, 4.69) is 4.72 Å². The number of carbonyl (C=O) groups is 1. The Hall–Kier alpha value is -2.74. The molecule has 0 unspecified atom stereocenters. The highest BCUT2D eigenvalue weighted by Crippen LogP contribution is 2.35. The first kappa shape index (κ1) is 20.0. The van der Waals surface area contributed by atoms with Gasteiger partial charge in [-0.1, -0.05) is 35.3 Å². The number of sulfonamides is 1. The zero-order chi connectivity index (χ0) is 20.3. The van der Waals surface area contributed by atoms with Crippen molar-refractivity contribution in [1.29, 1.82) is 0 Å². The fourth-order valence-corrected chi connectivity index (χ4v) is 3.81. The maximum absolute atomic E-state index is 12.6. The van der Waals surface area contributed by atoms with E-state index in [-0.39, 0.29) is 26.9 Å². The molecule has 0 saturated carbocycles. The average molecular weight is 438 g/mol. The predicted molar refractivity (Wildman–Crippen MR) is 107 cm³/mol. The lowest BCUT2D eigenvalue weighted by atomic mass is 10.2. The summed E-state index contributed by atoms with van der Waals surface area (Å²) in [6.07, 6.45) is 0. The fraction of sp³-hybridized carbons (Fsp3) is 0. The molecule has 144 valence electrons. The number of hydrogen-bond acceptors (Lipinski definition) is 4. The largest absolute Gasteiger partial charge is 0.478 e. The number of para-hydroxylation sites is 2. The van der Waals surface area contributed by atoms with Crippen LogP contribution in [0.25, 0.3) is 0 Å². The van der Waals surface area contributed by atoms with Gasteiger partial charge in [0.15, 0.2) is 5.75 Å². The van der Waals surface area contributed by atoms with Crippen molar-refractivity contribution in [1.82, 2.24) is 0 Å². The number of nitrogens with one attached hydrogen (secondary N) is 1. The van der Waals surface area contributed by atoms with Crippen molar-refractivity contribution in [2.45, 2.75) is 4.90 Å². The molecule has 0 aromatic heterocycles. The minimum absolute atomic E-state index is 0.0138. The first-order valence-electron chi connectivity index (χ1n) is 7.84. The third-order valence-electron chi connectivity index (χ3n) is 3.66. The highest BCUT2D eigenvalue weighted by molar-refractivity contribution is 7.92. The van der Waals surface area contributed by atoms with Crippen LogP contribution in [0.5, 0.6) is 11.5 Å². The molecule has 0 fully saturated rings. The normalized spacial score (nSPS) is 11.1. The summed E-state index contributed by atoms with van der Waals surface area (Å²) < 4.78 is 33.4. The molecule has 0 atom stereocenters. The van der Waals surface area contributed by atoms with Crippen LogP contribution in [0.1, 0.15) is 10.4 Å². The zero-order valence-electron chi connectivity index (χ0n) is 14.1. The number of benzene rings is 3. The Morgan fingerprint density at radius 1 is 0.929 bits per heavy atom. The van der Waals surface area contributed by atoms with Crippen LogP contribution in [0.3, 0.4) is 0 Å². The van der Waals surface area contributed by atoms with Crippen LogP contribution in [0, 0.1) is 0 Å². The Balaban J connectivity index is 1.89. The summed E-state index contributed by atoms with van der Waals surface area (Å²) in [4.78, 5) is 10.8. The zero-order valence-corrected chi connectivity index (χ0v) is 16.4. The molecule has 6 nitrogen and oxygen atoms in total. The van der Waals surface area contributed by atoms with Crippen LogP contribution in [0.15, 0.2) is 71.6 Å². The number of carboxylic acid groups (broad SMARTS) is 1. The molecule has 0 amide bonds. The van der Waals surface area contributed by atoms with Crippen molar-refractivity contribution in [2.24, 2.45) is 0 Å². The number of hydrogen-bond donors (Lipinski definition) is 2. The van der Waals surface area contributed by atoms with Crippen LogP contribution < -0.4 is 9.46 Å². The molecule has 2 N–H and O–H groups in total. The van der Waals surface area contributed by atoms with Gasteiger partial charge in [-0.15, -0.1) is 0 Å². The summed E-state index contributed by atoms with van der Waals surface area (Å²) in [6.45, 7) is 0. The summed E-state index contributed by atoms with van der Waals surface area (Å²) >= 11 is 12.0. The molecule has 0 saturated heterocycles. The number of carboxylic acids is 1. The Kier molecular flexibility index (Phi) is 5.79. The molecular weight excluding hydrogens is 425 g/mol. The van der Waals surface area contributed by atoms with Crippen LogP contribution in [0.4, 0.5) is 5.69 Å². The van der Waals surface area contributed by atoms with Gasteiger partial charge in [0.2, 0.25) is 0 Å². The van der Waals surface area contributed by atoms with Gasteiger partial charge in [-0.3, -0.25) is 4.72 Å². The maximum Gasteiger partial charge on any atom is 0.335 e. The number of aromatic carboxylic acids is 1. The fourth-order valence-electron chi connectivity index (χ4n) is 2.30. The summed E-state index contributed by atoms with van der Waals surface area (Å²) in [5.74, 6) is -0.600. The minimum atomic E-state index is -3.96. The van der Waals surface area contributed by atoms with E-state index in [1.165, 1.54) is 36.4 Å². The molecule has 0 heterocycles. The topological polar surface area (TPSA) is 92.7 Å². The van der Waals surface area contributed by atoms with Crippen LogP contribution in [-0.2, 0) is 10.0 Å². The highest BCUT2D eigenvalue weighted by Gasteiger charge is 2.18. The van der Waals surface area contributed by atoms with Gasteiger partial charge in [-0.2, -0.15) is 0 Å². The highest BCUT2D eigenvalue weighted by atomic mass is 35.5. The maximum atomic E-state index is 12.6. The Bertz CT molecular complexity index is 1130. The molecule has 3 aromatic carbocycles. The van der Waals surface area contributed by atoms with E-state index < -0.39 is 16.0 Å². The van der Waals surface area contributed by atoms with Gasteiger partial charge in [0.25, 0.3) is 10.0 Å². The summed E-state index contributed by atoms with van der Waals surface area (Å²) in [5.41, 5.74) is 0.177. The standard InChI is InChI=1S/C19H13Cl2NO5S/c20-13-7-10-17(15(21)11-13)27-18-4-2-1-3-16(18)22-28(25,26)14-8-5-12(6-9-14)19(23)24/h1-11,22H,(H,23,24). The lowest BCUT2D eigenvalue weighted by molar-refractivity contribution is 0.0696. The average Bonchev–Trinajstić information content (AvgIpc) is 2.65. The van der Waals surface area contributed by atoms with E-state index in [4.69, 9.17) is 33.0 Å². The van der Waals surface area contributed by atoms with Gasteiger partial charge < -0.3 is 9.84 Å². The van der Waals surface area contributed by atoms with Crippen molar-refractivity contribution in [3.8, 4) is 11.5 Å². The minimum Gasteiger partial charge on any atom is -0.478 e. The van der Waals surface area contributed by atoms with Crippen LogP contribution in [-0.4, -0.2) is 19.5 Å². The monoisotopic (exact) mass is 437 g/mol. The molecule has 0 aliphatic carbocycles. The second-order valence-corrected chi connectivity index (χ2v) is 8.13. The van der Waals surface area contributed by atoms with Gasteiger partial charge in [0, 0.05) is 5.02 Å². The van der Waals surface area contributed by atoms with Crippen molar-refractivity contribution in [3.05, 3.63) is 82.3 Å². The Morgan fingerprint density at radius 2 is 1.61 bits per heavy atom. The summed E-state index contributed by atoms with van der Waals surface area (Å²) in [6, 6.07) is 16.0.